The number of carbonyl (C=O) groups excluding carboxylic acids is 3. The highest BCUT2D eigenvalue weighted by Gasteiger charge is 2.34. The molecule has 4 amide bonds. The second-order valence-corrected chi connectivity index (χ2v) is 5.51. The molecule has 0 spiro atoms. The van der Waals surface area contributed by atoms with E-state index in [-0.39, 0.29) is 12.1 Å². The molecule has 25 heavy (non-hydrogen) atoms. The highest BCUT2D eigenvalue weighted by molar-refractivity contribution is 6.31. The summed E-state index contributed by atoms with van der Waals surface area (Å²) in [5, 5.41) is 2.16. The number of hydrogen-bond donors (Lipinski definition) is 1. The summed E-state index contributed by atoms with van der Waals surface area (Å²) < 4.78 is 0. The molecule has 2 aromatic rings. The smallest absolute Gasteiger partial charge is 0.273 e. The Morgan fingerprint density at radius 1 is 0.920 bits per heavy atom. The highest BCUT2D eigenvalue weighted by atomic mass is 16.2. The molecular formula is C20H16N2O3. The first-order valence-electron chi connectivity index (χ1n) is 7.75. The van der Waals surface area contributed by atoms with Gasteiger partial charge in [-0.3, -0.25) is 19.8 Å². The van der Waals surface area contributed by atoms with E-state index >= 15 is 0 Å². The Balaban J connectivity index is 1.88. The van der Waals surface area contributed by atoms with Crippen LogP contribution in [-0.2, 0) is 9.59 Å². The lowest BCUT2D eigenvalue weighted by Gasteiger charge is -2.25. The van der Waals surface area contributed by atoms with Crippen molar-refractivity contribution >= 4 is 23.9 Å². The number of nitrogens with zero attached hydrogens (tertiary/aromatic N) is 1. The van der Waals surface area contributed by atoms with Crippen molar-refractivity contribution in [2.24, 2.45) is 0 Å². The molecule has 5 heteroatoms. The van der Waals surface area contributed by atoms with Gasteiger partial charge in [-0.2, -0.15) is 0 Å². The zero-order valence-electron chi connectivity index (χ0n) is 13.4. The molecule has 1 fully saturated rings. The summed E-state index contributed by atoms with van der Waals surface area (Å²) in [6.45, 7) is 3.56. The Bertz CT molecular complexity index is 868. The first-order chi connectivity index (χ1) is 12.1. The van der Waals surface area contributed by atoms with E-state index in [1.165, 1.54) is 12.2 Å². The molecule has 5 nitrogen and oxygen atoms in total. The molecule has 1 saturated heterocycles. The largest absolute Gasteiger partial charge is 0.331 e. The third kappa shape index (κ3) is 3.40. The molecule has 0 atom stereocenters. The standard InChI is InChI=1S/C20H16N2O3/c1-2-12-22-19(24)17(18(23)21-20(22)25)13-14-8-10-16(11-9-14)15-6-4-3-5-7-15/h2-11,13H,1,12H2,(H,21,23,25)/b17-13-. The first kappa shape index (κ1) is 16.4. The Hall–Kier alpha value is -3.47. The van der Waals surface area contributed by atoms with Crippen LogP contribution in [0.3, 0.4) is 0 Å². The lowest BCUT2D eigenvalue weighted by atomic mass is 10.0. The Kier molecular flexibility index (Phi) is 4.57. The van der Waals surface area contributed by atoms with Crippen LogP contribution in [0.5, 0.6) is 0 Å². The number of barbiturate groups is 1. The molecule has 0 bridgehead atoms. The van der Waals surface area contributed by atoms with Gasteiger partial charge in [0.15, 0.2) is 0 Å². The molecule has 0 aliphatic carbocycles. The number of carbonyl (C=O) groups is 3. The average molecular weight is 332 g/mol. The van der Waals surface area contributed by atoms with E-state index in [0.29, 0.717) is 5.56 Å². The van der Waals surface area contributed by atoms with Crippen LogP contribution >= 0.6 is 0 Å². The SMILES string of the molecule is C=CCN1C(=O)NC(=O)/C(=C/c2ccc(-c3ccccc3)cc2)C1=O. The minimum Gasteiger partial charge on any atom is -0.273 e. The van der Waals surface area contributed by atoms with Gasteiger partial charge in [0.05, 0.1) is 0 Å². The molecule has 0 aromatic heterocycles. The van der Waals surface area contributed by atoms with Gasteiger partial charge in [0, 0.05) is 6.54 Å². The summed E-state index contributed by atoms with van der Waals surface area (Å²) in [4.78, 5) is 37.0. The number of benzene rings is 2. The van der Waals surface area contributed by atoms with Gasteiger partial charge in [-0.1, -0.05) is 60.7 Å². The van der Waals surface area contributed by atoms with Crippen molar-refractivity contribution in [3.8, 4) is 11.1 Å². The Morgan fingerprint density at radius 3 is 2.20 bits per heavy atom. The summed E-state index contributed by atoms with van der Waals surface area (Å²) in [6.07, 6.45) is 2.91. The number of urea groups is 1. The number of nitrogens with one attached hydrogen (secondary N) is 1. The molecule has 2 aromatic carbocycles. The zero-order chi connectivity index (χ0) is 17.8. The van der Waals surface area contributed by atoms with E-state index in [0.717, 1.165) is 16.0 Å². The average Bonchev–Trinajstić information content (AvgIpc) is 2.63. The lowest BCUT2D eigenvalue weighted by Crippen LogP contribution is -2.54. The monoisotopic (exact) mass is 332 g/mol. The molecule has 124 valence electrons. The lowest BCUT2D eigenvalue weighted by molar-refractivity contribution is -0.129. The Morgan fingerprint density at radius 2 is 1.56 bits per heavy atom. The second kappa shape index (κ2) is 6.97. The number of rotatable bonds is 4. The molecule has 0 saturated carbocycles. The van der Waals surface area contributed by atoms with Crippen LogP contribution in [0.4, 0.5) is 4.79 Å². The Labute approximate surface area is 145 Å². The fourth-order valence-corrected chi connectivity index (χ4v) is 2.56. The van der Waals surface area contributed by atoms with E-state index < -0.39 is 17.8 Å². The summed E-state index contributed by atoms with van der Waals surface area (Å²) in [6, 6.07) is 16.6. The summed E-state index contributed by atoms with van der Waals surface area (Å²) in [5.41, 5.74) is 2.74. The van der Waals surface area contributed by atoms with Crippen LogP contribution < -0.4 is 5.32 Å². The third-order valence-corrected chi connectivity index (χ3v) is 3.83. The predicted molar refractivity (Wildman–Crippen MR) is 95.3 cm³/mol. The minimum atomic E-state index is -0.730. The second-order valence-electron chi connectivity index (χ2n) is 5.51. The summed E-state index contributed by atoms with van der Waals surface area (Å²) in [5.74, 6) is -1.32. The van der Waals surface area contributed by atoms with Gasteiger partial charge in [-0.25, -0.2) is 4.79 Å². The molecule has 0 radical (unpaired) electrons. The maximum Gasteiger partial charge on any atom is 0.331 e. The van der Waals surface area contributed by atoms with Gasteiger partial charge in [0.1, 0.15) is 5.57 Å². The van der Waals surface area contributed by atoms with Crippen LogP contribution in [-0.4, -0.2) is 29.3 Å². The first-order valence-corrected chi connectivity index (χ1v) is 7.75. The quantitative estimate of drug-likeness (QED) is 0.532. The van der Waals surface area contributed by atoms with Crippen molar-refractivity contribution in [1.29, 1.82) is 0 Å². The molecular weight excluding hydrogens is 316 g/mol. The fraction of sp³-hybridized carbons (Fsp3) is 0.0500. The van der Waals surface area contributed by atoms with Gasteiger partial charge in [-0.15, -0.1) is 6.58 Å². The maximum atomic E-state index is 12.4. The summed E-state index contributed by atoms with van der Waals surface area (Å²) >= 11 is 0. The van der Waals surface area contributed by atoms with Gasteiger partial charge in [0.2, 0.25) is 0 Å². The molecule has 1 aliphatic heterocycles. The van der Waals surface area contributed by atoms with E-state index in [1.807, 2.05) is 54.6 Å². The van der Waals surface area contributed by atoms with E-state index in [9.17, 15) is 14.4 Å². The molecule has 0 unspecified atom stereocenters. The fourth-order valence-electron chi connectivity index (χ4n) is 2.56. The summed E-state index contributed by atoms with van der Waals surface area (Å²) in [7, 11) is 0. The van der Waals surface area contributed by atoms with Crippen LogP contribution in [0, 0.1) is 0 Å². The normalized spacial score (nSPS) is 16.1. The topological polar surface area (TPSA) is 66.5 Å². The van der Waals surface area contributed by atoms with E-state index in [1.54, 1.807) is 0 Å². The third-order valence-electron chi connectivity index (χ3n) is 3.83. The van der Waals surface area contributed by atoms with Crippen molar-refractivity contribution in [1.82, 2.24) is 10.2 Å². The van der Waals surface area contributed by atoms with Gasteiger partial charge in [-0.05, 0) is 22.8 Å². The van der Waals surface area contributed by atoms with Crippen molar-refractivity contribution in [2.75, 3.05) is 6.54 Å². The molecule has 3 rings (SSSR count). The van der Waals surface area contributed by atoms with Crippen LogP contribution in [0.1, 0.15) is 5.56 Å². The minimum absolute atomic E-state index is 0.0439. The van der Waals surface area contributed by atoms with Gasteiger partial charge < -0.3 is 0 Å². The van der Waals surface area contributed by atoms with Crippen molar-refractivity contribution in [3.63, 3.8) is 0 Å². The number of amides is 4. The van der Waals surface area contributed by atoms with Crippen molar-refractivity contribution in [3.05, 3.63) is 78.4 Å². The van der Waals surface area contributed by atoms with E-state index in [2.05, 4.69) is 11.9 Å². The molecule has 1 heterocycles. The number of hydrogen-bond acceptors (Lipinski definition) is 3. The maximum absolute atomic E-state index is 12.4. The predicted octanol–water partition coefficient (Wildman–Crippen LogP) is 3.00. The molecule has 1 aliphatic rings. The highest BCUT2D eigenvalue weighted by Crippen LogP contribution is 2.21. The van der Waals surface area contributed by atoms with Crippen molar-refractivity contribution in [2.45, 2.75) is 0 Å². The van der Waals surface area contributed by atoms with Crippen LogP contribution in [0.2, 0.25) is 0 Å². The van der Waals surface area contributed by atoms with Crippen LogP contribution in [0.25, 0.3) is 17.2 Å². The van der Waals surface area contributed by atoms with E-state index in [4.69, 9.17) is 0 Å². The van der Waals surface area contributed by atoms with Gasteiger partial charge in [0.25, 0.3) is 11.8 Å². The van der Waals surface area contributed by atoms with Gasteiger partial charge >= 0.3 is 6.03 Å². The molecule has 1 N–H and O–H groups in total. The van der Waals surface area contributed by atoms with Crippen LogP contribution in [0.15, 0.2) is 72.8 Å². The number of imide groups is 2. The van der Waals surface area contributed by atoms with Crippen molar-refractivity contribution < 1.29 is 14.4 Å². The zero-order valence-corrected chi connectivity index (χ0v) is 13.4.